The quantitative estimate of drug-likeness (QED) is 0.102. The topological polar surface area (TPSA) is 44.6 Å². The average Bonchev–Trinajstić information content (AvgIpc) is 3.50. The zero-order valence-corrected chi connectivity index (χ0v) is 34.4. The molecule has 7 heteroatoms. The molecule has 0 saturated heterocycles. The molecule has 2 aliphatic heterocycles. The average molecular weight is 741 g/mol. The number of hydrogen-bond acceptors (Lipinski definition) is 3. The highest BCUT2D eigenvalue weighted by atomic mass is 19.1. The number of amides is 1. The van der Waals surface area contributed by atoms with Gasteiger partial charge in [0.05, 0.1) is 5.41 Å². The lowest BCUT2D eigenvalue weighted by molar-refractivity contribution is -0.438. The standard InChI is InChI=1S/C48H59BFN3O2/c1-8-9-11-29-52-41-25-19-34(3)31-39(41)47(4,5)43(52)27-20-35-14-13-15-36(46(35)55-38-23-17-33(2)18-24-38)21-28-44-48(6,7)40-32-37(50)22-26-42(40)53(44)30-12-10-16-45(54)51-49/h17-28,31-32H,8-16,29-30,49H2,1-7H3/p+1. The molecule has 288 valence electrons. The Hall–Kier alpha value is -4.65. The number of unbranched alkanes of at least 4 members (excludes halogenated alkanes) is 3. The molecule has 0 aromatic heterocycles. The van der Waals surface area contributed by atoms with E-state index < -0.39 is 5.41 Å². The molecule has 1 amide bonds. The van der Waals surface area contributed by atoms with E-state index in [-0.39, 0.29) is 17.1 Å². The third-order valence-electron chi connectivity index (χ3n) is 11.8. The molecule has 1 N–H and O–H groups in total. The van der Waals surface area contributed by atoms with Gasteiger partial charge in [-0.25, -0.2) is 4.39 Å². The third kappa shape index (κ3) is 8.61. The van der Waals surface area contributed by atoms with Gasteiger partial charge in [0, 0.05) is 53.9 Å². The molecule has 3 aromatic rings. The molecule has 2 heterocycles. The second-order valence-corrected chi connectivity index (χ2v) is 16.7. The molecule has 5 nitrogen and oxygen atoms in total. The zero-order chi connectivity index (χ0) is 39.3. The first-order valence-corrected chi connectivity index (χ1v) is 20.5. The van der Waals surface area contributed by atoms with Crippen molar-refractivity contribution >= 4 is 31.0 Å². The fraction of sp³-hybridized carbons (Fsp3) is 0.417. The largest absolute Gasteiger partial charge is 0.457 e. The fourth-order valence-corrected chi connectivity index (χ4v) is 8.55. The van der Waals surface area contributed by atoms with Crippen LogP contribution in [0, 0.1) is 19.7 Å². The van der Waals surface area contributed by atoms with Gasteiger partial charge in [-0.15, -0.1) is 0 Å². The van der Waals surface area contributed by atoms with Crippen molar-refractivity contribution in [3.8, 4) is 5.75 Å². The van der Waals surface area contributed by atoms with Crippen molar-refractivity contribution in [2.45, 2.75) is 117 Å². The number of rotatable bonds is 14. The smallest absolute Gasteiger partial charge is 0.217 e. The summed E-state index contributed by atoms with van der Waals surface area (Å²) in [7, 11) is 1.68. The van der Waals surface area contributed by atoms with Crippen LogP contribution in [0.15, 0.2) is 108 Å². The van der Waals surface area contributed by atoms with E-state index in [9.17, 15) is 9.18 Å². The van der Waals surface area contributed by atoms with Gasteiger partial charge in [0.15, 0.2) is 5.71 Å². The van der Waals surface area contributed by atoms with Crippen LogP contribution in [-0.2, 0) is 15.6 Å². The van der Waals surface area contributed by atoms with Gasteiger partial charge in [-0.05, 0) is 119 Å². The fourth-order valence-electron chi connectivity index (χ4n) is 8.55. The van der Waals surface area contributed by atoms with Crippen LogP contribution in [0.4, 0.5) is 15.8 Å². The number of carbonyl (C=O) groups excluding carboxylic acids is 1. The Morgan fingerprint density at radius 3 is 2.40 bits per heavy atom. The van der Waals surface area contributed by atoms with Gasteiger partial charge in [0.2, 0.25) is 19.6 Å². The minimum Gasteiger partial charge on any atom is -0.457 e. The Labute approximate surface area is 330 Å². The number of fused-ring (bicyclic) bond motifs is 2. The minimum atomic E-state index is -0.409. The maximum Gasteiger partial charge on any atom is 0.217 e. The van der Waals surface area contributed by atoms with Crippen LogP contribution < -0.4 is 14.9 Å². The molecule has 0 radical (unpaired) electrons. The minimum absolute atomic E-state index is 0.0542. The molecule has 0 fully saturated rings. The second kappa shape index (κ2) is 17.0. The maximum absolute atomic E-state index is 14.7. The van der Waals surface area contributed by atoms with Gasteiger partial charge in [0.25, 0.3) is 0 Å². The molecule has 6 rings (SSSR count). The van der Waals surface area contributed by atoms with Crippen molar-refractivity contribution in [2.75, 3.05) is 18.0 Å². The normalized spacial score (nSPS) is 18.8. The van der Waals surface area contributed by atoms with E-state index in [0.717, 1.165) is 85.7 Å². The van der Waals surface area contributed by atoms with E-state index >= 15 is 0 Å². The third-order valence-corrected chi connectivity index (χ3v) is 11.8. The summed E-state index contributed by atoms with van der Waals surface area (Å²) in [6.07, 6.45) is 17.7. The Morgan fingerprint density at radius 1 is 0.891 bits per heavy atom. The summed E-state index contributed by atoms with van der Waals surface area (Å²) < 4.78 is 23.9. The Balaban J connectivity index is 1.42. The highest BCUT2D eigenvalue weighted by molar-refractivity contribution is 6.14. The Bertz CT molecular complexity index is 2070. The highest BCUT2D eigenvalue weighted by Gasteiger charge is 2.44. The van der Waals surface area contributed by atoms with Gasteiger partial charge in [-0.1, -0.05) is 75.1 Å². The summed E-state index contributed by atoms with van der Waals surface area (Å²) in [6.45, 7) is 17.4. The molecule has 1 aliphatic carbocycles. The van der Waals surface area contributed by atoms with Gasteiger partial charge < -0.3 is 14.9 Å². The van der Waals surface area contributed by atoms with Crippen molar-refractivity contribution in [2.24, 2.45) is 0 Å². The molecule has 0 saturated carbocycles. The van der Waals surface area contributed by atoms with E-state index in [0.29, 0.717) is 6.42 Å². The van der Waals surface area contributed by atoms with Gasteiger partial charge in [0.1, 0.15) is 23.9 Å². The molecule has 0 atom stereocenters. The predicted molar refractivity (Wildman–Crippen MR) is 229 cm³/mol. The summed E-state index contributed by atoms with van der Waals surface area (Å²) in [5, 5.41) is 2.73. The molecule has 3 aliphatic rings. The van der Waals surface area contributed by atoms with Crippen molar-refractivity contribution in [3.05, 3.63) is 136 Å². The highest BCUT2D eigenvalue weighted by Crippen LogP contribution is 2.48. The number of ether oxygens (including phenoxy) is 1. The number of aryl methyl sites for hydroxylation is 2. The molecule has 0 unspecified atom stereocenters. The van der Waals surface area contributed by atoms with E-state index in [2.05, 4.69) is 130 Å². The number of carbonyl (C=O) groups is 1. The van der Waals surface area contributed by atoms with Gasteiger partial charge in [-0.2, -0.15) is 4.58 Å². The van der Waals surface area contributed by atoms with Crippen LogP contribution >= 0.6 is 0 Å². The lowest BCUT2D eigenvalue weighted by Crippen LogP contribution is -2.28. The molecular formula is C48H60BFN3O2+. The summed E-state index contributed by atoms with van der Waals surface area (Å²) >= 11 is 0. The zero-order valence-electron chi connectivity index (χ0n) is 34.4. The summed E-state index contributed by atoms with van der Waals surface area (Å²) in [5.41, 5.74) is 11.5. The van der Waals surface area contributed by atoms with Gasteiger partial charge >= 0.3 is 0 Å². The molecule has 3 aromatic carbocycles. The van der Waals surface area contributed by atoms with Crippen LogP contribution in [0.1, 0.15) is 115 Å². The summed E-state index contributed by atoms with van der Waals surface area (Å²) in [6, 6.07) is 20.4. The molecule has 55 heavy (non-hydrogen) atoms. The van der Waals surface area contributed by atoms with Crippen LogP contribution in [0.3, 0.4) is 0 Å². The molecule has 0 bridgehead atoms. The number of allylic oxidation sites excluding steroid dienone is 7. The summed E-state index contributed by atoms with van der Waals surface area (Å²) in [4.78, 5) is 14.5. The second-order valence-electron chi connectivity index (χ2n) is 16.7. The van der Waals surface area contributed by atoms with E-state index in [4.69, 9.17) is 4.74 Å². The lowest BCUT2D eigenvalue weighted by atomic mass is 9.81. The number of benzene rings is 3. The first kappa shape index (κ1) is 40.0. The summed E-state index contributed by atoms with van der Waals surface area (Å²) in [5.74, 6) is 1.57. The Morgan fingerprint density at radius 2 is 1.65 bits per heavy atom. The monoisotopic (exact) mass is 740 g/mol. The van der Waals surface area contributed by atoms with E-state index in [1.807, 2.05) is 6.07 Å². The SMILES string of the molecule is BNC(=O)CCCC[N+]1=C(/C=C/C2=C(Oc3ccc(C)cc3)C(=C/C=C3/N(CCCCC)c4ccc(C)cc4C3(C)C)/CCC2)C(C)(C)c2cc(F)ccc21. The van der Waals surface area contributed by atoms with Crippen LogP contribution in [-0.4, -0.2) is 37.3 Å². The first-order valence-electron chi connectivity index (χ1n) is 20.5. The maximum atomic E-state index is 14.7. The number of halogens is 1. The molecule has 0 spiro atoms. The van der Waals surface area contributed by atoms with Crippen LogP contribution in [0.25, 0.3) is 0 Å². The van der Waals surface area contributed by atoms with Crippen molar-refractivity contribution in [1.82, 2.24) is 5.23 Å². The van der Waals surface area contributed by atoms with Gasteiger partial charge in [-0.3, -0.25) is 4.79 Å². The van der Waals surface area contributed by atoms with Crippen LogP contribution in [0.5, 0.6) is 5.75 Å². The van der Waals surface area contributed by atoms with Crippen molar-refractivity contribution in [3.63, 3.8) is 0 Å². The number of hydrogen-bond donors (Lipinski definition) is 1. The number of nitrogens with one attached hydrogen (secondary N) is 1. The first-order chi connectivity index (χ1) is 26.3. The lowest BCUT2D eigenvalue weighted by Gasteiger charge is -2.27. The molecular weight excluding hydrogens is 680 g/mol. The van der Waals surface area contributed by atoms with E-state index in [1.165, 1.54) is 46.5 Å². The number of nitrogens with zero attached hydrogens (tertiary/aromatic N) is 2. The van der Waals surface area contributed by atoms with Crippen molar-refractivity contribution in [1.29, 1.82) is 0 Å². The predicted octanol–water partition coefficient (Wildman–Crippen LogP) is 10.5. The van der Waals surface area contributed by atoms with E-state index in [1.54, 1.807) is 20.1 Å². The number of anilines is 1. The van der Waals surface area contributed by atoms with Crippen LogP contribution in [0.2, 0.25) is 0 Å². The Kier molecular flexibility index (Phi) is 12.4. The van der Waals surface area contributed by atoms with Crippen molar-refractivity contribution < 1.29 is 18.5 Å².